The average Bonchev–Trinajstić information content (AvgIpc) is 3.03. The molecule has 156 valence electrons. The molecular weight excluding hydrogens is 402 g/mol. The fourth-order valence-electron chi connectivity index (χ4n) is 3.18. The fourth-order valence-corrected chi connectivity index (χ4v) is 3.81. The molecule has 0 saturated carbocycles. The Morgan fingerprint density at radius 3 is 1.93 bits per heavy atom. The summed E-state index contributed by atoms with van der Waals surface area (Å²) in [6.07, 6.45) is 1.09. The molecule has 0 radical (unpaired) electrons. The lowest BCUT2D eigenvalue weighted by Gasteiger charge is -2.16. The van der Waals surface area contributed by atoms with Crippen LogP contribution in [0.5, 0.6) is 0 Å². The summed E-state index contributed by atoms with van der Waals surface area (Å²) >= 11 is 0. The molecule has 2 amide bonds. The van der Waals surface area contributed by atoms with Gasteiger partial charge in [0.15, 0.2) is 9.84 Å². The number of benzene rings is 2. The zero-order valence-corrected chi connectivity index (χ0v) is 18.0. The molecule has 0 atom stereocenters. The minimum atomic E-state index is -3.35. The lowest BCUT2D eigenvalue weighted by atomic mass is 10.1. The number of hydrogen-bond acceptors (Lipinski definition) is 4. The molecule has 2 aromatic carbocycles. The van der Waals surface area contributed by atoms with E-state index in [2.05, 4.69) is 10.9 Å². The molecule has 0 aliphatic carbocycles. The number of nitrogens with one attached hydrogen (secondary N) is 2. The highest BCUT2D eigenvalue weighted by molar-refractivity contribution is 7.90. The number of carbonyl (C=O) groups excluding carboxylic acids is 2. The Morgan fingerprint density at radius 2 is 1.37 bits per heavy atom. The molecule has 0 bridgehead atoms. The van der Waals surface area contributed by atoms with Gasteiger partial charge < -0.3 is 4.57 Å². The first-order valence-electron chi connectivity index (χ1n) is 9.24. The highest BCUT2D eigenvalue weighted by atomic mass is 32.2. The monoisotopic (exact) mass is 425 g/mol. The molecule has 3 rings (SSSR count). The molecule has 7 nitrogen and oxygen atoms in total. The van der Waals surface area contributed by atoms with E-state index < -0.39 is 21.7 Å². The highest BCUT2D eigenvalue weighted by Crippen LogP contribution is 2.21. The Labute approximate surface area is 175 Å². The Bertz CT molecular complexity index is 1210. The Balaban J connectivity index is 1.80. The van der Waals surface area contributed by atoms with E-state index in [9.17, 15) is 18.0 Å². The van der Waals surface area contributed by atoms with E-state index in [1.807, 2.05) is 49.6 Å². The quantitative estimate of drug-likeness (QED) is 0.628. The van der Waals surface area contributed by atoms with Crippen LogP contribution in [0.2, 0.25) is 0 Å². The van der Waals surface area contributed by atoms with Crippen molar-refractivity contribution in [1.82, 2.24) is 15.4 Å². The molecule has 2 N–H and O–H groups in total. The fraction of sp³-hybridized carbons (Fsp3) is 0.182. The van der Waals surface area contributed by atoms with E-state index in [-0.39, 0.29) is 10.5 Å². The van der Waals surface area contributed by atoms with Gasteiger partial charge in [0.1, 0.15) is 0 Å². The zero-order chi connectivity index (χ0) is 22.1. The number of hydrazine groups is 1. The second-order valence-corrected chi connectivity index (χ2v) is 9.19. The molecule has 0 aliphatic rings. The molecular formula is C22H23N3O4S. The second-order valence-electron chi connectivity index (χ2n) is 7.18. The SMILES string of the molecule is Cc1ccc(-n2c(C)ccc2C)c(C(=O)NNC(=O)c2ccc(S(C)(=O)=O)cc2)c1. The van der Waals surface area contributed by atoms with Crippen LogP contribution in [-0.2, 0) is 9.84 Å². The van der Waals surface area contributed by atoms with Gasteiger partial charge in [0, 0.05) is 23.2 Å². The lowest BCUT2D eigenvalue weighted by molar-refractivity contribution is 0.0846. The number of carbonyl (C=O) groups is 2. The number of rotatable bonds is 4. The summed E-state index contributed by atoms with van der Waals surface area (Å²) in [6, 6.07) is 15.0. The van der Waals surface area contributed by atoms with Crippen LogP contribution in [0, 0.1) is 20.8 Å². The van der Waals surface area contributed by atoms with Crippen LogP contribution in [-0.4, -0.2) is 31.1 Å². The number of aromatic nitrogens is 1. The summed E-state index contributed by atoms with van der Waals surface area (Å²) in [5, 5.41) is 0. The van der Waals surface area contributed by atoms with Gasteiger partial charge in [-0.2, -0.15) is 0 Å². The Hall–Kier alpha value is -3.39. The molecule has 0 aliphatic heterocycles. The maximum absolute atomic E-state index is 12.8. The predicted molar refractivity (Wildman–Crippen MR) is 114 cm³/mol. The van der Waals surface area contributed by atoms with Crippen LogP contribution in [0.3, 0.4) is 0 Å². The van der Waals surface area contributed by atoms with Crippen LogP contribution < -0.4 is 10.9 Å². The predicted octanol–water partition coefficient (Wildman–Crippen LogP) is 2.88. The Kier molecular flexibility index (Phi) is 5.80. The van der Waals surface area contributed by atoms with Crippen LogP contribution in [0.4, 0.5) is 0 Å². The van der Waals surface area contributed by atoms with E-state index in [1.54, 1.807) is 6.07 Å². The number of sulfone groups is 1. The van der Waals surface area contributed by atoms with Crippen molar-refractivity contribution in [2.75, 3.05) is 6.26 Å². The molecule has 8 heteroatoms. The van der Waals surface area contributed by atoms with Crippen LogP contribution in [0.1, 0.15) is 37.7 Å². The first-order chi connectivity index (χ1) is 14.1. The van der Waals surface area contributed by atoms with Crippen LogP contribution >= 0.6 is 0 Å². The summed E-state index contributed by atoms with van der Waals surface area (Å²) in [5.41, 5.74) is 9.06. The summed E-state index contributed by atoms with van der Waals surface area (Å²) in [6.45, 7) is 5.80. The third kappa shape index (κ3) is 4.44. The molecule has 0 spiro atoms. The van der Waals surface area contributed by atoms with Crippen molar-refractivity contribution in [3.8, 4) is 5.69 Å². The summed E-state index contributed by atoms with van der Waals surface area (Å²) in [7, 11) is -3.35. The van der Waals surface area contributed by atoms with Gasteiger partial charge in [0.2, 0.25) is 0 Å². The number of hydrogen-bond donors (Lipinski definition) is 2. The van der Waals surface area contributed by atoms with E-state index in [0.29, 0.717) is 11.3 Å². The van der Waals surface area contributed by atoms with Crippen LogP contribution in [0.25, 0.3) is 5.69 Å². The summed E-state index contributed by atoms with van der Waals surface area (Å²) in [5.74, 6) is -1.01. The minimum absolute atomic E-state index is 0.116. The molecule has 0 fully saturated rings. The van der Waals surface area contributed by atoms with Crippen molar-refractivity contribution in [1.29, 1.82) is 0 Å². The number of aryl methyl sites for hydroxylation is 3. The van der Waals surface area contributed by atoms with Crippen molar-refractivity contribution in [2.45, 2.75) is 25.7 Å². The van der Waals surface area contributed by atoms with E-state index in [1.165, 1.54) is 24.3 Å². The molecule has 1 aromatic heterocycles. The second kappa shape index (κ2) is 8.16. The van der Waals surface area contributed by atoms with Crippen molar-refractivity contribution in [2.24, 2.45) is 0 Å². The molecule has 0 saturated heterocycles. The third-order valence-electron chi connectivity index (χ3n) is 4.74. The van der Waals surface area contributed by atoms with Gasteiger partial charge >= 0.3 is 0 Å². The largest absolute Gasteiger partial charge is 0.318 e. The highest BCUT2D eigenvalue weighted by Gasteiger charge is 2.17. The molecule has 3 aromatic rings. The normalized spacial score (nSPS) is 11.2. The first-order valence-corrected chi connectivity index (χ1v) is 11.1. The van der Waals surface area contributed by atoms with Crippen LogP contribution in [0.15, 0.2) is 59.5 Å². The van der Waals surface area contributed by atoms with Crippen molar-refractivity contribution >= 4 is 21.7 Å². The topological polar surface area (TPSA) is 97.3 Å². The van der Waals surface area contributed by atoms with Gasteiger partial charge in [-0.05, 0) is 69.3 Å². The van der Waals surface area contributed by atoms with Gasteiger partial charge in [0.25, 0.3) is 11.8 Å². The van der Waals surface area contributed by atoms with Crippen molar-refractivity contribution in [3.63, 3.8) is 0 Å². The maximum atomic E-state index is 12.8. The third-order valence-corrected chi connectivity index (χ3v) is 5.87. The first kappa shape index (κ1) is 21.3. The minimum Gasteiger partial charge on any atom is -0.318 e. The maximum Gasteiger partial charge on any atom is 0.271 e. The molecule has 0 unspecified atom stereocenters. The van der Waals surface area contributed by atoms with Crippen molar-refractivity contribution in [3.05, 3.63) is 82.7 Å². The average molecular weight is 426 g/mol. The van der Waals surface area contributed by atoms with Gasteiger partial charge in [-0.1, -0.05) is 11.6 Å². The lowest BCUT2D eigenvalue weighted by Crippen LogP contribution is -2.42. The van der Waals surface area contributed by atoms with Gasteiger partial charge in [-0.3, -0.25) is 20.4 Å². The summed E-state index contributed by atoms with van der Waals surface area (Å²) < 4.78 is 25.0. The van der Waals surface area contributed by atoms with E-state index in [0.717, 1.165) is 23.2 Å². The number of nitrogens with zero attached hydrogens (tertiary/aromatic N) is 1. The van der Waals surface area contributed by atoms with Gasteiger partial charge in [0.05, 0.1) is 16.1 Å². The number of amides is 2. The van der Waals surface area contributed by atoms with E-state index >= 15 is 0 Å². The molecule has 1 heterocycles. The van der Waals surface area contributed by atoms with Gasteiger partial charge in [-0.15, -0.1) is 0 Å². The van der Waals surface area contributed by atoms with Gasteiger partial charge in [-0.25, -0.2) is 8.42 Å². The van der Waals surface area contributed by atoms with E-state index in [4.69, 9.17) is 0 Å². The zero-order valence-electron chi connectivity index (χ0n) is 17.2. The molecule has 30 heavy (non-hydrogen) atoms. The summed E-state index contributed by atoms with van der Waals surface area (Å²) in [4.78, 5) is 25.3. The smallest absolute Gasteiger partial charge is 0.271 e. The standard InChI is InChI=1S/C22H23N3O4S/c1-14-5-12-20(25-15(2)6-7-16(25)3)19(13-14)22(27)24-23-21(26)17-8-10-18(11-9-17)30(4,28)29/h5-13H,1-4H3,(H,23,26)(H,24,27). The van der Waals surface area contributed by atoms with Crippen molar-refractivity contribution < 1.29 is 18.0 Å². The Morgan fingerprint density at radius 1 is 0.800 bits per heavy atom.